The molecule has 0 saturated carbocycles. The average Bonchev–Trinajstić information content (AvgIpc) is 3.57. The van der Waals surface area contributed by atoms with Crippen LogP contribution in [0.1, 0.15) is 29.8 Å². The molecular weight excluding hydrogens is 644 g/mol. The Morgan fingerprint density at radius 3 is 1.96 bits per heavy atom. The van der Waals surface area contributed by atoms with E-state index in [9.17, 15) is 19.8 Å². The number of hydrogen-bond donors (Lipinski definition) is 4. The van der Waals surface area contributed by atoms with E-state index < -0.39 is 48.7 Å². The molecule has 14 nitrogen and oxygen atoms in total. The van der Waals surface area contributed by atoms with Crippen LogP contribution in [0.5, 0.6) is 0 Å². The van der Waals surface area contributed by atoms with Crippen molar-refractivity contribution in [1.82, 2.24) is 24.8 Å². The Labute approximate surface area is 288 Å². The first-order chi connectivity index (χ1) is 24.4. The number of aliphatic hydroxyl groups is 1. The van der Waals surface area contributed by atoms with E-state index in [0.29, 0.717) is 18.9 Å². The number of amides is 2. The Morgan fingerprint density at radius 1 is 0.840 bits per heavy atom. The molecule has 0 radical (unpaired) electrons. The van der Waals surface area contributed by atoms with E-state index >= 15 is 0 Å². The molecule has 3 heterocycles. The van der Waals surface area contributed by atoms with Gasteiger partial charge in [0, 0.05) is 0 Å². The summed E-state index contributed by atoms with van der Waals surface area (Å²) in [6.07, 6.45) is -1.18. The normalized spacial score (nSPS) is 20.2. The fraction of sp³-hybridized carbons (Fsp3) is 0.306. The van der Waals surface area contributed by atoms with Crippen LogP contribution >= 0.6 is 0 Å². The maximum absolute atomic E-state index is 12.7. The summed E-state index contributed by atoms with van der Waals surface area (Å²) in [4.78, 5) is 37.3. The molecule has 6 rings (SSSR count). The van der Waals surface area contributed by atoms with Gasteiger partial charge in [0.25, 0.3) is 0 Å². The zero-order valence-corrected chi connectivity index (χ0v) is 27.2. The van der Waals surface area contributed by atoms with Crippen LogP contribution in [0.15, 0.2) is 104 Å². The number of aliphatic hydroxyl groups excluding tert-OH is 1. The second-order valence-electron chi connectivity index (χ2n) is 11.8. The molecule has 2 aromatic heterocycles. The Balaban J connectivity index is 1.31. The Hall–Kier alpha value is -5.25. The molecule has 0 aliphatic carbocycles. The number of nitrogens with zero attached hydrogens (tertiary/aromatic N) is 4. The standard InChI is InChI=1S/C36H38N6O8/c1-23(43)28(35(44)45)40-36(46)41-32-29-33(38-21-37-32)42(22-39-29)34-31(49-19-26-15-9-4-10-16-26)30(48-18-25-13-7-3-8-14-25)27(20-50-34)47-17-24-11-5-2-6-12-24/h2-16,21-23,27-28,30-31,34,43H,17-20H2,1H3,(H,44,45)(H2,37,38,40,41,46)/t23?,27-,28?,30+,31+,34?/m1/s1. The molecule has 6 atom stereocenters. The lowest BCUT2D eigenvalue weighted by Crippen LogP contribution is -2.54. The van der Waals surface area contributed by atoms with Gasteiger partial charge in [0.15, 0.2) is 29.3 Å². The highest BCUT2D eigenvalue weighted by molar-refractivity contribution is 5.97. The number of hydrogen-bond acceptors (Lipinski definition) is 10. The van der Waals surface area contributed by atoms with E-state index in [-0.39, 0.29) is 24.5 Å². The number of carboxylic acid groups (broad SMARTS) is 1. The second-order valence-corrected chi connectivity index (χ2v) is 11.8. The van der Waals surface area contributed by atoms with Crippen molar-refractivity contribution in [2.24, 2.45) is 0 Å². The number of fused-ring (bicyclic) bond motifs is 1. The Bertz CT molecular complexity index is 1840. The largest absolute Gasteiger partial charge is 0.480 e. The molecule has 260 valence electrons. The predicted molar refractivity (Wildman–Crippen MR) is 181 cm³/mol. The molecule has 1 fully saturated rings. The number of imidazole rings is 1. The van der Waals surface area contributed by atoms with Crippen molar-refractivity contribution in [3.63, 3.8) is 0 Å². The van der Waals surface area contributed by atoms with E-state index in [4.69, 9.17) is 18.9 Å². The first-order valence-corrected chi connectivity index (χ1v) is 16.1. The number of aromatic nitrogens is 4. The summed E-state index contributed by atoms with van der Waals surface area (Å²) >= 11 is 0. The summed E-state index contributed by atoms with van der Waals surface area (Å²) in [7, 11) is 0. The van der Waals surface area contributed by atoms with E-state index in [0.717, 1.165) is 16.7 Å². The predicted octanol–water partition coefficient (Wildman–Crippen LogP) is 4.07. The van der Waals surface area contributed by atoms with Crippen molar-refractivity contribution < 1.29 is 38.7 Å². The molecule has 1 aliphatic rings. The van der Waals surface area contributed by atoms with Gasteiger partial charge in [0.2, 0.25) is 0 Å². The van der Waals surface area contributed by atoms with Crippen LogP contribution in [0, 0.1) is 0 Å². The van der Waals surface area contributed by atoms with Gasteiger partial charge in [0.05, 0.1) is 38.9 Å². The SMILES string of the molecule is CC(O)C(NC(=O)Nc1ncnc2c1ncn2C1OC[C@@H](OCc2ccccc2)[C@H](OCc2ccccc2)[C@@H]1OCc1ccccc1)C(=O)O. The number of anilines is 1. The number of carbonyl (C=O) groups excluding carboxylic acids is 1. The van der Waals surface area contributed by atoms with Crippen LogP contribution in [0.3, 0.4) is 0 Å². The lowest BCUT2D eigenvalue weighted by Gasteiger charge is -2.42. The highest BCUT2D eigenvalue weighted by atomic mass is 16.6. The number of rotatable bonds is 14. The molecular formula is C36H38N6O8. The lowest BCUT2D eigenvalue weighted by atomic mass is 10.0. The van der Waals surface area contributed by atoms with Gasteiger partial charge in [-0.15, -0.1) is 0 Å². The van der Waals surface area contributed by atoms with Crippen molar-refractivity contribution in [1.29, 1.82) is 0 Å². The van der Waals surface area contributed by atoms with Crippen LogP contribution in [-0.2, 0) is 43.6 Å². The van der Waals surface area contributed by atoms with Gasteiger partial charge in [-0.25, -0.2) is 24.5 Å². The van der Waals surface area contributed by atoms with Crippen LogP contribution in [-0.4, -0.2) is 78.8 Å². The quantitative estimate of drug-likeness (QED) is 0.133. The number of nitrogens with one attached hydrogen (secondary N) is 2. The molecule has 4 N–H and O–H groups in total. The molecule has 3 unspecified atom stereocenters. The fourth-order valence-corrected chi connectivity index (χ4v) is 5.63. The van der Waals surface area contributed by atoms with Crippen LogP contribution in [0.4, 0.5) is 10.6 Å². The fourth-order valence-electron chi connectivity index (χ4n) is 5.63. The number of benzene rings is 3. The molecule has 0 bridgehead atoms. The zero-order chi connectivity index (χ0) is 34.9. The maximum Gasteiger partial charge on any atom is 0.328 e. The summed E-state index contributed by atoms with van der Waals surface area (Å²) in [5, 5.41) is 23.9. The van der Waals surface area contributed by atoms with Gasteiger partial charge in [0.1, 0.15) is 24.6 Å². The van der Waals surface area contributed by atoms with Crippen LogP contribution < -0.4 is 10.6 Å². The van der Waals surface area contributed by atoms with Crippen molar-refractivity contribution >= 4 is 29.0 Å². The van der Waals surface area contributed by atoms with Gasteiger partial charge in [-0.2, -0.15) is 0 Å². The first-order valence-electron chi connectivity index (χ1n) is 16.1. The third kappa shape index (κ3) is 8.48. The molecule has 2 amide bonds. The monoisotopic (exact) mass is 682 g/mol. The van der Waals surface area contributed by atoms with E-state index in [1.165, 1.54) is 19.6 Å². The van der Waals surface area contributed by atoms with Gasteiger partial charge < -0.3 is 34.5 Å². The van der Waals surface area contributed by atoms with Gasteiger partial charge in [-0.1, -0.05) is 91.0 Å². The van der Waals surface area contributed by atoms with Gasteiger partial charge in [-0.05, 0) is 23.6 Å². The number of aliphatic carboxylic acids is 1. The molecule has 1 aliphatic heterocycles. The number of carboxylic acids is 1. The molecule has 1 saturated heterocycles. The zero-order valence-electron chi connectivity index (χ0n) is 27.2. The lowest BCUT2D eigenvalue weighted by molar-refractivity contribution is -0.255. The Morgan fingerprint density at radius 2 is 1.40 bits per heavy atom. The minimum Gasteiger partial charge on any atom is -0.480 e. The summed E-state index contributed by atoms with van der Waals surface area (Å²) < 4.78 is 27.9. The summed E-state index contributed by atoms with van der Waals surface area (Å²) in [5.41, 5.74) is 3.48. The maximum atomic E-state index is 12.7. The summed E-state index contributed by atoms with van der Waals surface area (Å²) in [5.74, 6) is -1.36. The molecule has 0 spiro atoms. The first kappa shape index (κ1) is 34.6. The van der Waals surface area contributed by atoms with Crippen molar-refractivity contribution in [2.45, 2.75) is 63.4 Å². The molecule has 50 heavy (non-hydrogen) atoms. The topological polar surface area (TPSA) is 179 Å². The van der Waals surface area contributed by atoms with Crippen molar-refractivity contribution in [3.05, 3.63) is 120 Å². The third-order valence-corrected chi connectivity index (χ3v) is 8.18. The molecule has 5 aromatic rings. The highest BCUT2D eigenvalue weighted by Gasteiger charge is 2.44. The number of carbonyl (C=O) groups is 2. The molecule has 3 aromatic carbocycles. The molecule has 14 heteroatoms. The van der Waals surface area contributed by atoms with Gasteiger partial charge >= 0.3 is 12.0 Å². The van der Waals surface area contributed by atoms with Crippen molar-refractivity contribution in [2.75, 3.05) is 11.9 Å². The second kappa shape index (κ2) is 16.4. The van der Waals surface area contributed by atoms with E-state index in [1.807, 2.05) is 91.0 Å². The third-order valence-electron chi connectivity index (χ3n) is 8.18. The summed E-state index contributed by atoms with van der Waals surface area (Å²) in [6, 6.07) is 27.0. The Kier molecular flexibility index (Phi) is 11.4. The van der Waals surface area contributed by atoms with E-state index in [2.05, 4.69) is 25.6 Å². The smallest absolute Gasteiger partial charge is 0.328 e. The highest BCUT2D eigenvalue weighted by Crippen LogP contribution is 2.34. The minimum absolute atomic E-state index is 0.0273. The van der Waals surface area contributed by atoms with Crippen molar-refractivity contribution in [3.8, 4) is 0 Å². The van der Waals surface area contributed by atoms with Gasteiger partial charge in [-0.3, -0.25) is 9.88 Å². The average molecular weight is 683 g/mol. The van der Waals surface area contributed by atoms with Crippen LogP contribution in [0.25, 0.3) is 11.2 Å². The van der Waals surface area contributed by atoms with Crippen LogP contribution in [0.2, 0.25) is 0 Å². The summed E-state index contributed by atoms with van der Waals surface area (Å²) in [6.45, 7) is 2.32. The number of ether oxygens (including phenoxy) is 4. The minimum atomic E-state index is -1.53. The van der Waals surface area contributed by atoms with E-state index in [1.54, 1.807) is 4.57 Å². The number of urea groups is 1.